The molecule has 4 heteroatoms. The molecule has 0 atom stereocenters. The van der Waals surface area contributed by atoms with Crippen LogP contribution in [0.15, 0.2) is 0 Å². The molecule has 6 heavy (non-hydrogen) atoms. The first-order valence-corrected chi connectivity index (χ1v) is 1.44. The number of rotatable bonds is 2. The largest absolute Gasteiger partial charge is 0.342 e. The Kier molecular flexibility index (Phi) is 2.12. The molecule has 0 saturated heterocycles. The summed E-state index contributed by atoms with van der Waals surface area (Å²) in [5.41, 5.74) is 0. The summed E-state index contributed by atoms with van der Waals surface area (Å²) in [5, 5.41) is 0. The second-order valence-corrected chi connectivity index (χ2v) is 0.876. The van der Waals surface area contributed by atoms with Crippen LogP contribution in [-0.2, 0) is 9.59 Å². The average Bonchev–Trinajstić information content (AvgIpc) is 1.65. The highest BCUT2D eigenvalue weighted by molar-refractivity contribution is 6.16. The lowest BCUT2D eigenvalue weighted by Crippen LogP contribution is -2.13. The SMILES string of the molecule is BN(C=O)C=O. The minimum Gasteiger partial charge on any atom is -0.342 e. The van der Waals surface area contributed by atoms with E-state index in [0.717, 1.165) is 4.81 Å². The summed E-state index contributed by atoms with van der Waals surface area (Å²) >= 11 is 0. The Bertz CT molecular complexity index is 56.6. The molecular formula is C2H4BNO2. The molecular weight excluding hydrogens is 80.8 g/mol. The lowest BCUT2D eigenvalue weighted by molar-refractivity contribution is -0.124. The van der Waals surface area contributed by atoms with Crippen molar-refractivity contribution in [2.75, 3.05) is 0 Å². The van der Waals surface area contributed by atoms with Crippen molar-refractivity contribution in [3.05, 3.63) is 0 Å². The van der Waals surface area contributed by atoms with E-state index in [1.807, 2.05) is 0 Å². The summed E-state index contributed by atoms with van der Waals surface area (Å²) in [4.78, 5) is 19.8. The fourth-order valence-corrected chi connectivity index (χ4v) is 0.0248. The highest BCUT2D eigenvalue weighted by Gasteiger charge is 1.79. The molecule has 0 aliphatic heterocycles. The standard InChI is InChI=1S/C2H4BNO2/c3-4(1-5)2-6/h1-2H,3H2. The van der Waals surface area contributed by atoms with E-state index in [4.69, 9.17) is 0 Å². The smallest absolute Gasteiger partial charge is 0.230 e. The van der Waals surface area contributed by atoms with Crippen LogP contribution in [0.2, 0.25) is 0 Å². The Balaban J connectivity index is 3.21. The molecule has 0 radical (unpaired) electrons. The van der Waals surface area contributed by atoms with Crippen LogP contribution in [0.4, 0.5) is 0 Å². The molecule has 2 amide bonds. The zero-order chi connectivity index (χ0) is 4.99. The molecule has 0 unspecified atom stereocenters. The van der Waals surface area contributed by atoms with Gasteiger partial charge in [0.25, 0.3) is 0 Å². The molecule has 0 fully saturated rings. The van der Waals surface area contributed by atoms with E-state index in [-0.39, 0.29) is 0 Å². The zero-order valence-electron chi connectivity index (χ0n) is 3.42. The first-order valence-electron chi connectivity index (χ1n) is 1.44. The van der Waals surface area contributed by atoms with Crippen molar-refractivity contribution >= 4 is 20.8 Å². The van der Waals surface area contributed by atoms with Crippen molar-refractivity contribution in [2.45, 2.75) is 0 Å². The summed E-state index contributed by atoms with van der Waals surface area (Å²) in [5.74, 6) is 0. The number of hydrogen-bond acceptors (Lipinski definition) is 2. The van der Waals surface area contributed by atoms with Crippen molar-refractivity contribution < 1.29 is 9.59 Å². The predicted octanol–water partition coefficient (Wildman–Crippen LogP) is -1.85. The van der Waals surface area contributed by atoms with Crippen LogP contribution in [-0.4, -0.2) is 25.6 Å². The maximum atomic E-state index is 9.43. The van der Waals surface area contributed by atoms with Gasteiger partial charge in [-0.1, -0.05) is 0 Å². The third-order valence-electron chi connectivity index (χ3n) is 0.333. The molecule has 0 heterocycles. The quantitative estimate of drug-likeness (QED) is 0.291. The second-order valence-electron chi connectivity index (χ2n) is 0.876. The molecule has 0 aliphatic carbocycles. The van der Waals surface area contributed by atoms with Crippen molar-refractivity contribution in [3.63, 3.8) is 0 Å². The molecule has 0 bridgehead atoms. The molecule has 0 aliphatic rings. The first-order chi connectivity index (χ1) is 2.81. The van der Waals surface area contributed by atoms with E-state index in [1.54, 1.807) is 0 Å². The third-order valence-corrected chi connectivity index (χ3v) is 0.333. The van der Waals surface area contributed by atoms with Gasteiger partial charge in [-0.05, 0) is 0 Å². The Morgan fingerprint density at radius 3 is 1.67 bits per heavy atom. The minimum absolute atomic E-state index is 0.438. The van der Waals surface area contributed by atoms with Crippen molar-refractivity contribution in [1.29, 1.82) is 0 Å². The molecule has 3 nitrogen and oxygen atoms in total. The monoisotopic (exact) mass is 85.0 g/mol. The Morgan fingerprint density at radius 2 is 1.67 bits per heavy atom. The van der Waals surface area contributed by atoms with Gasteiger partial charge in [-0.3, -0.25) is 9.59 Å². The predicted molar refractivity (Wildman–Crippen MR) is 22.5 cm³/mol. The summed E-state index contributed by atoms with van der Waals surface area (Å²) in [6.45, 7) is 0. The van der Waals surface area contributed by atoms with E-state index in [2.05, 4.69) is 0 Å². The zero-order valence-corrected chi connectivity index (χ0v) is 3.42. The van der Waals surface area contributed by atoms with Crippen LogP contribution >= 0.6 is 0 Å². The topological polar surface area (TPSA) is 37.4 Å². The summed E-state index contributed by atoms with van der Waals surface area (Å²) in [6.07, 6.45) is 0.875. The molecule has 0 saturated carbocycles. The minimum atomic E-state index is 0.438. The fraction of sp³-hybridized carbons (Fsp3) is 0. The number of carbonyl (C=O) groups is 2. The van der Waals surface area contributed by atoms with Crippen LogP contribution in [0.25, 0.3) is 0 Å². The van der Waals surface area contributed by atoms with Gasteiger partial charge >= 0.3 is 0 Å². The van der Waals surface area contributed by atoms with E-state index < -0.39 is 0 Å². The Hall–Kier alpha value is -0.795. The molecule has 0 aromatic heterocycles. The fourth-order valence-electron chi connectivity index (χ4n) is 0.0248. The van der Waals surface area contributed by atoms with Gasteiger partial charge in [0.2, 0.25) is 20.8 Å². The summed E-state index contributed by atoms with van der Waals surface area (Å²) in [7, 11) is 1.38. The number of carbonyl (C=O) groups excluding carboxylic acids is 2. The van der Waals surface area contributed by atoms with Gasteiger partial charge in [0.15, 0.2) is 0 Å². The number of imide groups is 1. The van der Waals surface area contributed by atoms with Crippen molar-refractivity contribution in [1.82, 2.24) is 4.81 Å². The first kappa shape index (κ1) is 5.20. The molecule has 0 N–H and O–H groups in total. The van der Waals surface area contributed by atoms with Crippen LogP contribution in [0, 0.1) is 0 Å². The highest BCUT2D eigenvalue weighted by Crippen LogP contribution is 1.53. The van der Waals surface area contributed by atoms with Gasteiger partial charge in [-0.15, -0.1) is 0 Å². The Morgan fingerprint density at radius 1 is 1.33 bits per heavy atom. The molecule has 0 aromatic rings. The van der Waals surface area contributed by atoms with E-state index in [9.17, 15) is 9.59 Å². The van der Waals surface area contributed by atoms with Gasteiger partial charge in [0.05, 0.1) is 0 Å². The normalized spacial score (nSPS) is 6.67. The van der Waals surface area contributed by atoms with E-state index in [1.165, 1.54) is 7.98 Å². The van der Waals surface area contributed by atoms with Gasteiger partial charge in [0.1, 0.15) is 0 Å². The van der Waals surface area contributed by atoms with Gasteiger partial charge in [-0.2, -0.15) is 0 Å². The number of hydrogen-bond donors (Lipinski definition) is 0. The summed E-state index contributed by atoms with van der Waals surface area (Å²) in [6, 6.07) is 0. The maximum absolute atomic E-state index is 9.43. The molecule has 0 spiro atoms. The lowest BCUT2D eigenvalue weighted by Gasteiger charge is -1.91. The number of amides is 2. The Labute approximate surface area is 36.4 Å². The van der Waals surface area contributed by atoms with Crippen LogP contribution < -0.4 is 0 Å². The molecule has 0 aromatic carbocycles. The van der Waals surface area contributed by atoms with E-state index >= 15 is 0 Å². The van der Waals surface area contributed by atoms with Gasteiger partial charge in [-0.25, -0.2) is 0 Å². The third kappa shape index (κ3) is 1.52. The molecule has 0 rings (SSSR count). The number of nitrogens with zero attached hydrogens (tertiary/aromatic N) is 1. The maximum Gasteiger partial charge on any atom is 0.230 e. The van der Waals surface area contributed by atoms with Crippen LogP contribution in [0.5, 0.6) is 0 Å². The summed E-state index contributed by atoms with van der Waals surface area (Å²) < 4.78 is 0. The van der Waals surface area contributed by atoms with Crippen LogP contribution in [0.1, 0.15) is 0 Å². The van der Waals surface area contributed by atoms with Crippen molar-refractivity contribution in [2.24, 2.45) is 0 Å². The van der Waals surface area contributed by atoms with Crippen LogP contribution in [0.3, 0.4) is 0 Å². The van der Waals surface area contributed by atoms with Crippen molar-refractivity contribution in [3.8, 4) is 0 Å². The second kappa shape index (κ2) is 2.44. The average molecular weight is 84.9 g/mol. The van der Waals surface area contributed by atoms with Gasteiger partial charge in [0, 0.05) is 0 Å². The molecule has 32 valence electrons. The highest BCUT2D eigenvalue weighted by atomic mass is 16.2. The van der Waals surface area contributed by atoms with E-state index in [0.29, 0.717) is 12.8 Å². The lowest BCUT2D eigenvalue weighted by atomic mass is 10.4. The van der Waals surface area contributed by atoms with Gasteiger partial charge < -0.3 is 4.81 Å².